The molecule has 0 bridgehead atoms. The average Bonchev–Trinajstić information content (AvgIpc) is 3.13. The molecule has 2 aromatic rings. The van der Waals surface area contributed by atoms with E-state index in [-0.39, 0.29) is 24.2 Å². The first kappa shape index (κ1) is 15.6. The highest BCUT2D eigenvalue weighted by Crippen LogP contribution is 2.29. The SMILES string of the molecule is CC(CC(=O)N1CCC(CC(=O)O)C1)c1c[nH]c2ccccc12. The van der Waals surface area contributed by atoms with Crippen molar-refractivity contribution in [3.8, 4) is 0 Å². The maximum atomic E-state index is 12.5. The van der Waals surface area contributed by atoms with Crippen molar-refractivity contribution in [1.29, 1.82) is 0 Å². The fourth-order valence-electron chi connectivity index (χ4n) is 3.48. The maximum absolute atomic E-state index is 12.5. The third-order valence-corrected chi connectivity index (χ3v) is 4.73. The monoisotopic (exact) mass is 314 g/mol. The average molecular weight is 314 g/mol. The number of benzene rings is 1. The van der Waals surface area contributed by atoms with Gasteiger partial charge in [0, 0.05) is 43.0 Å². The summed E-state index contributed by atoms with van der Waals surface area (Å²) in [5.74, 6) is -0.427. The van der Waals surface area contributed by atoms with E-state index in [1.807, 2.05) is 29.3 Å². The molecule has 1 aromatic carbocycles. The van der Waals surface area contributed by atoms with E-state index in [1.54, 1.807) is 0 Å². The molecule has 0 aliphatic carbocycles. The number of amides is 1. The Morgan fingerprint density at radius 1 is 1.39 bits per heavy atom. The predicted molar refractivity (Wildman–Crippen MR) is 88.3 cm³/mol. The van der Waals surface area contributed by atoms with Crippen molar-refractivity contribution in [2.24, 2.45) is 5.92 Å². The number of H-pyrrole nitrogens is 1. The summed E-state index contributed by atoms with van der Waals surface area (Å²) in [5.41, 5.74) is 2.25. The Kier molecular flexibility index (Phi) is 4.37. The highest BCUT2D eigenvalue weighted by molar-refractivity contribution is 5.85. The summed E-state index contributed by atoms with van der Waals surface area (Å²) in [6.07, 6.45) is 3.39. The van der Waals surface area contributed by atoms with Gasteiger partial charge in [-0.1, -0.05) is 25.1 Å². The van der Waals surface area contributed by atoms with Gasteiger partial charge < -0.3 is 15.0 Å². The summed E-state index contributed by atoms with van der Waals surface area (Å²) in [4.78, 5) is 28.3. The van der Waals surface area contributed by atoms with Crippen molar-refractivity contribution in [1.82, 2.24) is 9.88 Å². The van der Waals surface area contributed by atoms with Gasteiger partial charge in [-0.3, -0.25) is 9.59 Å². The topological polar surface area (TPSA) is 73.4 Å². The summed E-state index contributed by atoms with van der Waals surface area (Å²) in [6, 6.07) is 8.10. The number of carboxylic acid groups (broad SMARTS) is 1. The van der Waals surface area contributed by atoms with Crippen LogP contribution < -0.4 is 0 Å². The van der Waals surface area contributed by atoms with Crippen LogP contribution in [0.1, 0.15) is 37.7 Å². The molecule has 1 aromatic heterocycles. The van der Waals surface area contributed by atoms with Crippen molar-refractivity contribution in [2.45, 2.75) is 32.1 Å². The van der Waals surface area contributed by atoms with E-state index in [2.05, 4.69) is 18.0 Å². The van der Waals surface area contributed by atoms with E-state index in [1.165, 1.54) is 0 Å². The van der Waals surface area contributed by atoms with Crippen LogP contribution in [0.5, 0.6) is 0 Å². The van der Waals surface area contributed by atoms with Gasteiger partial charge in [-0.05, 0) is 29.9 Å². The largest absolute Gasteiger partial charge is 0.481 e. The highest BCUT2D eigenvalue weighted by Gasteiger charge is 2.28. The molecule has 1 fully saturated rings. The Hall–Kier alpha value is -2.30. The van der Waals surface area contributed by atoms with Crippen molar-refractivity contribution in [3.63, 3.8) is 0 Å². The number of rotatable bonds is 5. The maximum Gasteiger partial charge on any atom is 0.303 e. The fraction of sp³-hybridized carbons (Fsp3) is 0.444. The number of fused-ring (bicyclic) bond motifs is 1. The first-order chi connectivity index (χ1) is 11.0. The molecule has 1 amide bonds. The molecule has 1 saturated heterocycles. The number of aromatic nitrogens is 1. The van der Waals surface area contributed by atoms with E-state index in [9.17, 15) is 9.59 Å². The molecule has 0 radical (unpaired) electrons. The zero-order valence-corrected chi connectivity index (χ0v) is 13.3. The lowest BCUT2D eigenvalue weighted by Gasteiger charge is -2.19. The van der Waals surface area contributed by atoms with Gasteiger partial charge in [0.1, 0.15) is 0 Å². The van der Waals surface area contributed by atoms with Gasteiger partial charge >= 0.3 is 5.97 Å². The molecule has 1 aliphatic rings. The molecule has 2 atom stereocenters. The van der Waals surface area contributed by atoms with Gasteiger partial charge in [0.2, 0.25) is 5.91 Å². The quantitative estimate of drug-likeness (QED) is 0.891. The van der Waals surface area contributed by atoms with Gasteiger partial charge in [0.15, 0.2) is 0 Å². The van der Waals surface area contributed by atoms with Crippen LogP contribution in [0.3, 0.4) is 0 Å². The minimum absolute atomic E-state index is 0.0971. The Balaban J connectivity index is 1.63. The molecule has 5 heteroatoms. The first-order valence-corrected chi connectivity index (χ1v) is 8.10. The lowest BCUT2D eigenvalue weighted by atomic mass is 9.96. The first-order valence-electron chi connectivity index (χ1n) is 8.10. The van der Waals surface area contributed by atoms with Crippen LogP contribution in [-0.2, 0) is 9.59 Å². The number of carbonyl (C=O) groups is 2. The number of carbonyl (C=O) groups excluding carboxylic acids is 1. The number of hydrogen-bond donors (Lipinski definition) is 2. The number of nitrogens with one attached hydrogen (secondary N) is 1. The smallest absolute Gasteiger partial charge is 0.303 e. The Bertz CT molecular complexity index is 722. The molecule has 0 saturated carbocycles. The number of carboxylic acids is 1. The second-order valence-corrected chi connectivity index (χ2v) is 6.49. The van der Waals surface area contributed by atoms with Crippen molar-refractivity contribution >= 4 is 22.8 Å². The second kappa shape index (κ2) is 6.44. The minimum atomic E-state index is -0.781. The van der Waals surface area contributed by atoms with Crippen molar-refractivity contribution in [3.05, 3.63) is 36.0 Å². The van der Waals surface area contributed by atoms with Crippen LogP contribution in [0.4, 0.5) is 0 Å². The minimum Gasteiger partial charge on any atom is -0.481 e. The molecule has 0 spiro atoms. The second-order valence-electron chi connectivity index (χ2n) is 6.49. The molecule has 2 heterocycles. The normalized spacial score (nSPS) is 19.2. The van der Waals surface area contributed by atoms with E-state index in [0.717, 1.165) is 22.9 Å². The summed E-state index contributed by atoms with van der Waals surface area (Å²) < 4.78 is 0. The molecular formula is C18H22N2O3. The molecule has 3 rings (SSSR count). The van der Waals surface area contributed by atoms with Crippen molar-refractivity contribution in [2.75, 3.05) is 13.1 Å². The molecule has 23 heavy (non-hydrogen) atoms. The summed E-state index contributed by atoms with van der Waals surface area (Å²) in [6.45, 7) is 3.32. The zero-order valence-electron chi connectivity index (χ0n) is 13.3. The van der Waals surface area contributed by atoms with Crippen LogP contribution in [-0.4, -0.2) is 40.0 Å². The molecule has 2 unspecified atom stereocenters. The summed E-state index contributed by atoms with van der Waals surface area (Å²) >= 11 is 0. The van der Waals surface area contributed by atoms with Crippen LogP contribution in [0.15, 0.2) is 30.5 Å². The Morgan fingerprint density at radius 2 is 2.17 bits per heavy atom. The van der Waals surface area contributed by atoms with Gasteiger partial charge in [-0.15, -0.1) is 0 Å². The standard InChI is InChI=1S/C18H22N2O3/c1-12(15-10-19-16-5-3-2-4-14(15)16)8-17(21)20-7-6-13(11-20)9-18(22)23/h2-5,10,12-13,19H,6-9,11H2,1H3,(H,22,23). The van der Waals surface area contributed by atoms with E-state index in [0.29, 0.717) is 19.5 Å². The number of likely N-dealkylation sites (tertiary alicyclic amines) is 1. The molecule has 1 aliphatic heterocycles. The summed E-state index contributed by atoms with van der Waals surface area (Å²) in [5, 5.41) is 10.0. The Labute approximate surface area is 135 Å². The van der Waals surface area contributed by atoms with E-state index >= 15 is 0 Å². The Morgan fingerprint density at radius 3 is 2.96 bits per heavy atom. The van der Waals surface area contributed by atoms with Crippen LogP contribution in [0.25, 0.3) is 10.9 Å². The predicted octanol–water partition coefficient (Wildman–Crippen LogP) is 2.98. The fourth-order valence-corrected chi connectivity index (χ4v) is 3.48. The van der Waals surface area contributed by atoms with Gasteiger partial charge in [-0.25, -0.2) is 0 Å². The number of para-hydroxylation sites is 1. The van der Waals surface area contributed by atoms with Gasteiger partial charge in [0.25, 0.3) is 0 Å². The third kappa shape index (κ3) is 3.38. The number of aromatic amines is 1. The number of hydrogen-bond acceptors (Lipinski definition) is 2. The number of nitrogens with zero attached hydrogens (tertiary/aromatic N) is 1. The van der Waals surface area contributed by atoms with E-state index < -0.39 is 5.97 Å². The van der Waals surface area contributed by atoms with Crippen LogP contribution >= 0.6 is 0 Å². The lowest BCUT2D eigenvalue weighted by Crippen LogP contribution is -2.29. The summed E-state index contributed by atoms with van der Waals surface area (Å²) in [7, 11) is 0. The molecular weight excluding hydrogens is 292 g/mol. The molecule has 122 valence electrons. The van der Waals surface area contributed by atoms with Crippen LogP contribution in [0, 0.1) is 5.92 Å². The van der Waals surface area contributed by atoms with E-state index in [4.69, 9.17) is 5.11 Å². The lowest BCUT2D eigenvalue weighted by molar-refractivity contribution is -0.138. The zero-order chi connectivity index (χ0) is 16.4. The third-order valence-electron chi connectivity index (χ3n) is 4.73. The van der Waals surface area contributed by atoms with Crippen LogP contribution in [0.2, 0.25) is 0 Å². The number of aliphatic carboxylic acids is 1. The molecule has 2 N–H and O–H groups in total. The molecule has 5 nitrogen and oxygen atoms in total. The van der Waals surface area contributed by atoms with Gasteiger partial charge in [-0.2, -0.15) is 0 Å². The van der Waals surface area contributed by atoms with Crippen molar-refractivity contribution < 1.29 is 14.7 Å². The highest BCUT2D eigenvalue weighted by atomic mass is 16.4. The van der Waals surface area contributed by atoms with Gasteiger partial charge in [0.05, 0.1) is 0 Å².